The van der Waals surface area contributed by atoms with Crippen LogP contribution in [0.5, 0.6) is 17.2 Å². The third kappa shape index (κ3) is 5.78. The van der Waals surface area contributed by atoms with E-state index in [1.807, 2.05) is 42.5 Å². The van der Waals surface area contributed by atoms with Crippen LogP contribution in [0, 0.1) is 0 Å². The first-order valence-electron chi connectivity index (χ1n) is 9.26. The molecule has 3 aromatic carbocycles. The van der Waals surface area contributed by atoms with E-state index in [1.54, 1.807) is 44.6 Å². The molecule has 0 fully saturated rings. The topological polar surface area (TPSA) is 56.8 Å². The highest BCUT2D eigenvalue weighted by Gasteiger charge is 2.10. The van der Waals surface area contributed by atoms with Crippen molar-refractivity contribution in [3.63, 3.8) is 0 Å². The molecule has 0 aromatic heterocycles. The number of halogens is 1. The number of ether oxygens (including phenoxy) is 3. The number of anilines is 1. The minimum Gasteiger partial charge on any atom is -0.497 e. The summed E-state index contributed by atoms with van der Waals surface area (Å²) in [5, 5.41) is 3.48. The molecule has 0 aliphatic carbocycles. The van der Waals surface area contributed by atoms with Crippen molar-refractivity contribution < 1.29 is 19.0 Å². The zero-order valence-electron chi connectivity index (χ0n) is 16.7. The van der Waals surface area contributed by atoms with Crippen LogP contribution >= 0.6 is 11.6 Å². The fraction of sp³-hybridized carbons (Fsp3) is 0.125. The number of amides is 1. The van der Waals surface area contributed by atoms with Crippen molar-refractivity contribution in [3.8, 4) is 17.2 Å². The summed E-state index contributed by atoms with van der Waals surface area (Å²) in [5.41, 5.74) is 2.38. The monoisotopic (exact) mass is 423 g/mol. The maximum atomic E-state index is 12.3. The fourth-order valence-electron chi connectivity index (χ4n) is 2.74. The number of hydrogen-bond acceptors (Lipinski definition) is 4. The number of rotatable bonds is 8. The van der Waals surface area contributed by atoms with Crippen LogP contribution in [-0.2, 0) is 11.4 Å². The van der Waals surface area contributed by atoms with Crippen molar-refractivity contribution in [1.82, 2.24) is 0 Å². The summed E-state index contributed by atoms with van der Waals surface area (Å²) in [4.78, 5) is 12.3. The normalized spacial score (nSPS) is 10.6. The fourth-order valence-corrected chi connectivity index (χ4v) is 2.87. The van der Waals surface area contributed by atoms with Crippen molar-refractivity contribution in [2.75, 3.05) is 19.5 Å². The van der Waals surface area contributed by atoms with E-state index in [0.29, 0.717) is 28.8 Å². The highest BCUT2D eigenvalue weighted by Crippen LogP contribution is 2.33. The van der Waals surface area contributed by atoms with Crippen LogP contribution in [-0.4, -0.2) is 20.1 Å². The zero-order valence-corrected chi connectivity index (χ0v) is 17.5. The molecule has 1 amide bonds. The van der Waals surface area contributed by atoms with E-state index in [-0.39, 0.29) is 5.91 Å². The number of carbonyl (C=O) groups excluding carboxylic acids is 1. The molecule has 3 rings (SSSR count). The molecule has 154 valence electrons. The lowest BCUT2D eigenvalue weighted by atomic mass is 10.1. The second-order valence-corrected chi connectivity index (χ2v) is 6.78. The quantitative estimate of drug-likeness (QED) is 0.480. The van der Waals surface area contributed by atoms with Gasteiger partial charge in [-0.1, -0.05) is 35.9 Å². The van der Waals surface area contributed by atoms with Gasteiger partial charge in [0.1, 0.15) is 12.4 Å². The average molecular weight is 424 g/mol. The van der Waals surface area contributed by atoms with E-state index < -0.39 is 0 Å². The molecule has 6 heteroatoms. The Morgan fingerprint density at radius 1 is 0.967 bits per heavy atom. The Bertz CT molecular complexity index is 1010. The number of para-hydroxylation sites is 1. The van der Waals surface area contributed by atoms with Crippen LogP contribution < -0.4 is 19.5 Å². The maximum absolute atomic E-state index is 12.3. The minimum absolute atomic E-state index is 0.258. The van der Waals surface area contributed by atoms with Crippen molar-refractivity contribution in [2.45, 2.75) is 6.61 Å². The van der Waals surface area contributed by atoms with E-state index in [9.17, 15) is 4.79 Å². The van der Waals surface area contributed by atoms with Gasteiger partial charge in [0.2, 0.25) is 5.91 Å². The molecule has 0 atom stereocenters. The van der Waals surface area contributed by atoms with Gasteiger partial charge in [-0.15, -0.1) is 0 Å². The van der Waals surface area contributed by atoms with Gasteiger partial charge in [0.25, 0.3) is 0 Å². The van der Waals surface area contributed by atoms with Gasteiger partial charge in [-0.05, 0) is 54.1 Å². The van der Waals surface area contributed by atoms with Gasteiger partial charge >= 0.3 is 0 Å². The Morgan fingerprint density at radius 3 is 2.37 bits per heavy atom. The Balaban J connectivity index is 1.72. The number of benzene rings is 3. The highest BCUT2D eigenvalue weighted by atomic mass is 35.5. The summed E-state index contributed by atoms with van der Waals surface area (Å²) < 4.78 is 16.5. The van der Waals surface area contributed by atoms with Crippen LogP contribution in [0.1, 0.15) is 11.1 Å². The van der Waals surface area contributed by atoms with E-state index in [2.05, 4.69) is 5.32 Å². The number of hydrogen-bond donors (Lipinski definition) is 1. The second-order valence-electron chi connectivity index (χ2n) is 6.34. The molecule has 5 nitrogen and oxygen atoms in total. The summed E-state index contributed by atoms with van der Waals surface area (Å²) in [6.45, 7) is 0.344. The van der Waals surface area contributed by atoms with Crippen molar-refractivity contribution >= 4 is 29.3 Å². The molecule has 0 heterocycles. The van der Waals surface area contributed by atoms with E-state index in [0.717, 1.165) is 16.9 Å². The molecule has 30 heavy (non-hydrogen) atoms. The summed E-state index contributed by atoms with van der Waals surface area (Å²) in [6, 6.07) is 20.0. The van der Waals surface area contributed by atoms with E-state index in [4.69, 9.17) is 25.8 Å². The average Bonchev–Trinajstić information content (AvgIpc) is 2.78. The lowest BCUT2D eigenvalue weighted by Gasteiger charge is -2.13. The molecule has 3 aromatic rings. The van der Waals surface area contributed by atoms with Gasteiger partial charge in [-0.2, -0.15) is 0 Å². The standard InChI is InChI=1S/C24H22ClNO4/c1-28-21-13-11-20(12-14-21)26-23(27)15-8-18-4-3-5-22(29-2)24(18)30-16-17-6-9-19(25)10-7-17/h3-15H,16H2,1-2H3,(H,26,27)/b15-8+. The van der Waals surface area contributed by atoms with Gasteiger partial charge in [0, 0.05) is 22.3 Å². The SMILES string of the molecule is COc1ccc(NC(=O)/C=C/c2cccc(OC)c2OCc2ccc(Cl)cc2)cc1. The molecule has 0 saturated heterocycles. The summed E-state index contributed by atoms with van der Waals surface area (Å²) in [6.07, 6.45) is 3.15. The van der Waals surface area contributed by atoms with Gasteiger partial charge in [0.15, 0.2) is 11.5 Å². The molecule has 1 N–H and O–H groups in total. The molecule has 0 spiro atoms. The Kier molecular flexibility index (Phi) is 7.35. The maximum Gasteiger partial charge on any atom is 0.248 e. The van der Waals surface area contributed by atoms with Gasteiger partial charge in [-0.3, -0.25) is 4.79 Å². The molecule has 0 bridgehead atoms. The van der Waals surface area contributed by atoms with Crippen LogP contribution in [0.25, 0.3) is 6.08 Å². The number of methoxy groups -OCH3 is 2. The van der Waals surface area contributed by atoms with E-state index in [1.165, 1.54) is 6.08 Å². The predicted octanol–water partition coefficient (Wildman–Crippen LogP) is 5.59. The van der Waals surface area contributed by atoms with Gasteiger partial charge in [0.05, 0.1) is 14.2 Å². The second kappa shape index (κ2) is 10.4. The molecule has 0 radical (unpaired) electrons. The summed E-state index contributed by atoms with van der Waals surface area (Å²) in [7, 11) is 3.17. The Hall–Kier alpha value is -3.44. The molecule has 0 aliphatic heterocycles. The molecule has 0 saturated carbocycles. The number of carbonyl (C=O) groups is 1. The van der Waals surface area contributed by atoms with Crippen molar-refractivity contribution in [2.24, 2.45) is 0 Å². The summed E-state index contributed by atoms with van der Waals surface area (Å²) in [5.74, 6) is 1.61. The van der Waals surface area contributed by atoms with Crippen LogP contribution in [0.4, 0.5) is 5.69 Å². The molecular formula is C24H22ClNO4. The summed E-state index contributed by atoms with van der Waals surface area (Å²) >= 11 is 5.93. The van der Waals surface area contributed by atoms with E-state index >= 15 is 0 Å². The lowest BCUT2D eigenvalue weighted by Crippen LogP contribution is -2.07. The minimum atomic E-state index is -0.258. The van der Waals surface area contributed by atoms with Crippen LogP contribution in [0.15, 0.2) is 72.8 Å². The molecule has 0 aliphatic rings. The van der Waals surface area contributed by atoms with Gasteiger partial charge in [-0.25, -0.2) is 0 Å². The molecule has 0 unspecified atom stereocenters. The van der Waals surface area contributed by atoms with Crippen LogP contribution in [0.3, 0.4) is 0 Å². The predicted molar refractivity (Wildman–Crippen MR) is 119 cm³/mol. The van der Waals surface area contributed by atoms with Gasteiger partial charge < -0.3 is 19.5 Å². The van der Waals surface area contributed by atoms with Crippen LogP contribution in [0.2, 0.25) is 5.02 Å². The van der Waals surface area contributed by atoms with Crippen molar-refractivity contribution in [1.29, 1.82) is 0 Å². The third-order valence-electron chi connectivity index (χ3n) is 4.30. The first-order chi connectivity index (χ1) is 14.6. The highest BCUT2D eigenvalue weighted by molar-refractivity contribution is 6.30. The smallest absolute Gasteiger partial charge is 0.248 e. The largest absolute Gasteiger partial charge is 0.497 e. The Labute approximate surface area is 180 Å². The Morgan fingerprint density at radius 2 is 1.70 bits per heavy atom. The zero-order chi connectivity index (χ0) is 21.3. The molecular weight excluding hydrogens is 402 g/mol. The first-order valence-corrected chi connectivity index (χ1v) is 9.64. The lowest BCUT2D eigenvalue weighted by molar-refractivity contribution is -0.111. The first kappa shape index (κ1) is 21.3. The number of nitrogens with one attached hydrogen (secondary N) is 1. The third-order valence-corrected chi connectivity index (χ3v) is 4.55. The van der Waals surface area contributed by atoms with Crippen molar-refractivity contribution in [3.05, 3.63) is 89.0 Å².